The Balaban J connectivity index is 1.54. The maximum atomic E-state index is 6.17. The largest absolute Gasteiger partial charge is 0.488 e. The maximum absolute atomic E-state index is 6.17. The lowest BCUT2D eigenvalue weighted by Gasteiger charge is -2.28. The predicted molar refractivity (Wildman–Crippen MR) is 117 cm³/mol. The van der Waals surface area contributed by atoms with Gasteiger partial charge in [0.05, 0.1) is 12.1 Å². The van der Waals surface area contributed by atoms with Crippen LogP contribution < -0.4 is 19.7 Å². The van der Waals surface area contributed by atoms with E-state index in [0.29, 0.717) is 19.8 Å². The van der Waals surface area contributed by atoms with Gasteiger partial charge in [-0.15, -0.1) is 0 Å². The highest BCUT2D eigenvalue weighted by Gasteiger charge is 2.18. The molecular weight excluding hydrogens is 382 g/mol. The summed E-state index contributed by atoms with van der Waals surface area (Å²) >= 11 is 0. The molecule has 2 aliphatic rings. The van der Waals surface area contributed by atoms with Gasteiger partial charge in [0.15, 0.2) is 11.5 Å². The third kappa shape index (κ3) is 5.30. The van der Waals surface area contributed by atoms with E-state index < -0.39 is 0 Å². The molecule has 8 heteroatoms. The van der Waals surface area contributed by atoms with Crippen molar-refractivity contribution >= 4 is 16.7 Å². The first-order valence-corrected chi connectivity index (χ1v) is 11.0. The molecule has 3 heterocycles. The summed E-state index contributed by atoms with van der Waals surface area (Å²) in [6, 6.07) is 4.00. The summed E-state index contributed by atoms with van der Waals surface area (Å²) in [4.78, 5) is 13.8. The molecule has 2 aromatic rings. The van der Waals surface area contributed by atoms with Crippen molar-refractivity contribution in [2.24, 2.45) is 0 Å². The van der Waals surface area contributed by atoms with Crippen LogP contribution in [0.2, 0.25) is 0 Å². The lowest BCUT2D eigenvalue weighted by Crippen LogP contribution is -2.40. The van der Waals surface area contributed by atoms with Gasteiger partial charge in [-0.25, -0.2) is 15.3 Å². The van der Waals surface area contributed by atoms with Crippen LogP contribution in [-0.2, 0) is 4.74 Å². The zero-order chi connectivity index (χ0) is 20.6. The van der Waals surface area contributed by atoms with E-state index in [1.807, 2.05) is 12.1 Å². The highest BCUT2D eigenvalue weighted by atomic mass is 16.5. The predicted octanol–water partition coefficient (Wildman–Crippen LogP) is 1.94. The molecule has 0 aliphatic carbocycles. The maximum Gasteiger partial charge on any atom is 0.163 e. The molecule has 0 amide bonds. The molecule has 0 bridgehead atoms. The average molecular weight is 415 g/mol. The smallest absolute Gasteiger partial charge is 0.163 e. The number of hydrogen-bond acceptors (Lipinski definition) is 7. The Morgan fingerprint density at radius 1 is 0.867 bits per heavy atom. The molecule has 0 saturated carbocycles. The first-order chi connectivity index (χ1) is 14.8. The summed E-state index contributed by atoms with van der Waals surface area (Å²) in [5.41, 5.74) is 0.870. The van der Waals surface area contributed by atoms with Crippen LogP contribution in [0, 0.1) is 0 Å². The fourth-order valence-corrected chi connectivity index (χ4v) is 4.05. The summed E-state index contributed by atoms with van der Waals surface area (Å²) in [5, 5.41) is 5.42. The van der Waals surface area contributed by atoms with Crippen LogP contribution in [0.1, 0.15) is 19.3 Å². The third-order valence-corrected chi connectivity index (χ3v) is 5.69. The average Bonchev–Trinajstić information content (AvgIpc) is 2.80. The summed E-state index contributed by atoms with van der Waals surface area (Å²) in [5.74, 6) is 2.39. The molecule has 1 aromatic heterocycles. The van der Waals surface area contributed by atoms with Gasteiger partial charge in [-0.05, 0) is 32.0 Å². The van der Waals surface area contributed by atoms with E-state index in [1.54, 1.807) is 13.4 Å². The van der Waals surface area contributed by atoms with Crippen molar-refractivity contribution in [1.29, 1.82) is 0 Å². The number of ether oxygens (including phenoxy) is 3. The summed E-state index contributed by atoms with van der Waals surface area (Å²) in [6.07, 6.45) is 5.54. The second-order valence-electron chi connectivity index (χ2n) is 7.76. The van der Waals surface area contributed by atoms with Crippen LogP contribution in [-0.4, -0.2) is 87.6 Å². The minimum atomic E-state index is 0.468. The van der Waals surface area contributed by atoms with Crippen molar-refractivity contribution in [2.75, 3.05) is 77.6 Å². The van der Waals surface area contributed by atoms with Crippen LogP contribution in [0.5, 0.6) is 11.5 Å². The van der Waals surface area contributed by atoms with Crippen molar-refractivity contribution in [3.8, 4) is 11.5 Å². The van der Waals surface area contributed by atoms with Gasteiger partial charge in [0, 0.05) is 51.3 Å². The number of benzene rings is 1. The van der Waals surface area contributed by atoms with Crippen molar-refractivity contribution < 1.29 is 14.2 Å². The lowest BCUT2D eigenvalue weighted by atomic mass is 10.1. The van der Waals surface area contributed by atoms with Crippen LogP contribution in [0.25, 0.3) is 10.9 Å². The Labute approximate surface area is 178 Å². The minimum Gasteiger partial charge on any atom is -0.488 e. The zero-order valence-corrected chi connectivity index (χ0v) is 17.9. The first kappa shape index (κ1) is 21.1. The Bertz CT molecular complexity index is 807. The summed E-state index contributed by atoms with van der Waals surface area (Å²) in [6.45, 7) is 8.31. The highest BCUT2D eigenvalue weighted by Crippen LogP contribution is 2.35. The lowest BCUT2D eigenvalue weighted by molar-refractivity contribution is 0.141. The summed E-state index contributed by atoms with van der Waals surface area (Å²) < 4.78 is 17.3. The molecule has 163 valence electrons. The number of likely N-dealkylation sites (tertiary alicyclic amines) is 1. The number of piperidine rings is 1. The van der Waals surface area contributed by atoms with Crippen molar-refractivity contribution in [3.05, 3.63) is 18.5 Å². The highest BCUT2D eigenvalue weighted by molar-refractivity contribution is 5.92. The van der Waals surface area contributed by atoms with Crippen molar-refractivity contribution in [1.82, 2.24) is 20.2 Å². The molecule has 4 rings (SSSR count). The second kappa shape index (κ2) is 10.7. The molecule has 2 saturated heterocycles. The molecule has 1 aromatic carbocycles. The van der Waals surface area contributed by atoms with Gasteiger partial charge < -0.3 is 19.1 Å². The molecule has 0 spiro atoms. The summed E-state index contributed by atoms with van der Waals surface area (Å²) in [7, 11) is 1.67. The molecule has 2 aliphatic heterocycles. The van der Waals surface area contributed by atoms with Gasteiger partial charge in [0.1, 0.15) is 25.4 Å². The quantitative estimate of drug-likeness (QED) is 0.581. The normalized spacial score (nSPS) is 18.0. The third-order valence-electron chi connectivity index (χ3n) is 5.69. The van der Waals surface area contributed by atoms with Gasteiger partial charge in [0.2, 0.25) is 0 Å². The van der Waals surface area contributed by atoms with Gasteiger partial charge >= 0.3 is 0 Å². The van der Waals surface area contributed by atoms with Gasteiger partial charge in [-0.2, -0.15) is 0 Å². The van der Waals surface area contributed by atoms with Crippen LogP contribution in [0.3, 0.4) is 0 Å². The van der Waals surface area contributed by atoms with E-state index in [-0.39, 0.29) is 0 Å². The molecule has 0 N–H and O–H groups in total. The standard InChI is InChI=1S/C22H32N5O3/c1-28-13-14-30-20-15-18-19(24-17-25-22(18)27-9-5-23-6-10-27)16-21(20)29-12-11-26-7-3-2-4-8-26/h15-17H,2-14H2,1H3. The van der Waals surface area contributed by atoms with E-state index in [2.05, 4.69) is 25.1 Å². The van der Waals surface area contributed by atoms with Gasteiger partial charge in [-0.1, -0.05) is 6.42 Å². The van der Waals surface area contributed by atoms with E-state index >= 15 is 0 Å². The minimum absolute atomic E-state index is 0.468. The fraction of sp³-hybridized carbons (Fsp3) is 0.636. The number of nitrogens with zero attached hydrogens (tertiary/aromatic N) is 5. The Morgan fingerprint density at radius 2 is 1.63 bits per heavy atom. The van der Waals surface area contributed by atoms with E-state index in [0.717, 1.165) is 74.0 Å². The topological polar surface area (TPSA) is 74.0 Å². The monoisotopic (exact) mass is 414 g/mol. The van der Waals surface area contributed by atoms with Crippen LogP contribution >= 0.6 is 0 Å². The van der Waals surface area contributed by atoms with E-state index in [9.17, 15) is 0 Å². The van der Waals surface area contributed by atoms with Crippen molar-refractivity contribution in [3.63, 3.8) is 0 Å². The van der Waals surface area contributed by atoms with E-state index in [1.165, 1.54) is 19.3 Å². The van der Waals surface area contributed by atoms with Crippen LogP contribution in [0.4, 0.5) is 5.82 Å². The Morgan fingerprint density at radius 3 is 2.43 bits per heavy atom. The molecule has 8 nitrogen and oxygen atoms in total. The Kier molecular flexibility index (Phi) is 7.55. The number of methoxy groups -OCH3 is 1. The number of anilines is 1. The molecular formula is C22H32N5O3. The van der Waals surface area contributed by atoms with Gasteiger partial charge in [0.25, 0.3) is 0 Å². The van der Waals surface area contributed by atoms with Gasteiger partial charge in [-0.3, -0.25) is 4.90 Å². The van der Waals surface area contributed by atoms with Crippen molar-refractivity contribution in [2.45, 2.75) is 19.3 Å². The second-order valence-corrected chi connectivity index (χ2v) is 7.76. The number of hydrogen-bond donors (Lipinski definition) is 0. The molecule has 0 unspecified atom stereocenters. The number of rotatable bonds is 9. The molecule has 0 atom stereocenters. The number of fused-ring (bicyclic) bond motifs is 1. The van der Waals surface area contributed by atoms with E-state index in [4.69, 9.17) is 14.2 Å². The first-order valence-electron chi connectivity index (χ1n) is 11.0. The molecule has 30 heavy (non-hydrogen) atoms. The molecule has 1 radical (unpaired) electrons. The zero-order valence-electron chi connectivity index (χ0n) is 17.9. The van der Waals surface area contributed by atoms with Crippen LogP contribution in [0.15, 0.2) is 18.5 Å². The molecule has 2 fully saturated rings. The SMILES string of the molecule is COCCOc1cc2c(N3CC[N]CC3)ncnc2cc1OCCN1CCCCC1. The Hall–Kier alpha value is -2.16. The number of piperazine rings is 1. The number of aromatic nitrogens is 2. The fourth-order valence-electron chi connectivity index (χ4n) is 4.05.